The van der Waals surface area contributed by atoms with Crippen molar-refractivity contribution in [3.8, 4) is 0 Å². The van der Waals surface area contributed by atoms with E-state index < -0.39 is 0 Å². The Morgan fingerprint density at radius 3 is 2.61 bits per heavy atom. The van der Waals surface area contributed by atoms with Crippen molar-refractivity contribution in [2.24, 2.45) is 0 Å². The van der Waals surface area contributed by atoms with Crippen LogP contribution in [0.25, 0.3) is 10.9 Å². The molecule has 1 aromatic heterocycles. The van der Waals surface area contributed by atoms with Crippen LogP contribution in [0.1, 0.15) is 0 Å². The summed E-state index contributed by atoms with van der Waals surface area (Å²) in [6, 6.07) is 12.3. The SMILES string of the molecule is O=C(Cn1ccc(=O)c2ccc(Br)cc21)Nc1ccc(F)cc1. The Labute approximate surface area is 139 Å². The summed E-state index contributed by atoms with van der Waals surface area (Å²) in [5.74, 6) is -0.624. The number of amides is 1. The molecule has 0 radical (unpaired) electrons. The maximum atomic E-state index is 12.9. The van der Waals surface area contributed by atoms with E-state index in [2.05, 4.69) is 21.2 Å². The quantitative estimate of drug-likeness (QED) is 0.762. The average Bonchev–Trinajstić information content (AvgIpc) is 2.52. The number of hydrogen-bond donors (Lipinski definition) is 1. The molecule has 0 atom stereocenters. The summed E-state index contributed by atoms with van der Waals surface area (Å²) in [4.78, 5) is 24.1. The number of halogens is 2. The van der Waals surface area contributed by atoms with Crippen LogP contribution >= 0.6 is 15.9 Å². The molecule has 0 aliphatic heterocycles. The molecule has 0 bridgehead atoms. The average molecular weight is 375 g/mol. The molecule has 0 aliphatic carbocycles. The van der Waals surface area contributed by atoms with Crippen LogP contribution < -0.4 is 10.7 Å². The lowest BCUT2D eigenvalue weighted by Crippen LogP contribution is -2.20. The number of hydrogen-bond acceptors (Lipinski definition) is 2. The van der Waals surface area contributed by atoms with Gasteiger partial charge in [0.25, 0.3) is 0 Å². The molecule has 0 saturated carbocycles. The lowest BCUT2D eigenvalue weighted by atomic mass is 10.2. The van der Waals surface area contributed by atoms with Gasteiger partial charge in [0.15, 0.2) is 5.43 Å². The van der Waals surface area contributed by atoms with E-state index in [9.17, 15) is 14.0 Å². The van der Waals surface area contributed by atoms with E-state index in [1.807, 2.05) is 0 Å². The van der Waals surface area contributed by atoms with Gasteiger partial charge in [-0.1, -0.05) is 15.9 Å². The standard InChI is InChI=1S/C17H12BrFN2O2/c18-11-1-6-14-15(9-11)21(8-7-16(14)22)10-17(23)20-13-4-2-12(19)3-5-13/h1-9H,10H2,(H,20,23). The van der Waals surface area contributed by atoms with Crippen molar-refractivity contribution >= 4 is 38.4 Å². The fourth-order valence-corrected chi connectivity index (χ4v) is 2.65. The van der Waals surface area contributed by atoms with Crippen molar-refractivity contribution in [2.45, 2.75) is 6.54 Å². The number of rotatable bonds is 3. The Morgan fingerprint density at radius 2 is 1.87 bits per heavy atom. The maximum Gasteiger partial charge on any atom is 0.244 e. The molecule has 0 saturated heterocycles. The smallest absolute Gasteiger partial charge is 0.244 e. The van der Waals surface area contributed by atoms with Gasteiger partial charge in [-0.2, -0.15) is 0 Å². The van der Waals surface area contributed by atoms with Crippen LogP contribution in [0.2, 0.25) is 0 Å². The zero-order valence-corrected chi connectivity index (χ0v) is 13.5. The van der Waals surface area contributed by atoms with Gasteiger partial charge in [0.2, 0.25) is 5.91 Å². The summed E-state index contributed by atoms with van der Waals surface area (Å²) in [6.45, 7) is 0.0462. The third-order valence-electron chi connectivity index (χ3n) is 3.38. The summed E-state index contributed by atoms with van der Waals surface area (Å²) in [5, 5.41) is 3.24. The number of carbonyl (C=O) groups is 1. The fraction of sp³-hybridized carbons (Fsp3) is 0.0588. The predicted molar refractivity (Wildman–Crippen MR) is 90.9 cm³/mol. The zero-order valence-electron chi connectivity index (χ0n) is 11.9. The number of benzene rings is 2. The van der Waals surface area contributed by atoms with Gasteiger partial charge in [-0.25, -0.2) is 4.39 Å². The second-order valence-electron chi connectivity index (χ2n) is 5.02. The maximum absolute atomic E-state index is 12.9. The van der Waals surface area contributed by atoms with Gasteiger partial charge in [-0.3, -0.25) is 9.59 Å². The molecule has 0 fully saturated rings. The van der Waals surface area contributed by atoms with E-state index >= 15 is 0 Å². The second-order valence-corrected chi connectivity index (χ2v) is 5.94. The van der Waals surface area contributed by atoms with Gasteiger partial charge < -0.3 is 9.88 Å². The van der Waals surface area contributed by atoms with Crippen LogP contribution in [-0.4, -0.2) is 10.5 Å². The minimum absolute atomic E-state index is 0.0462. The minimum Gasteiger partial charge on any atom is -0.338 e. The van der Waals surface area contributed by atoms with Crippen molar-refractivity contribution < 1.29 is 9.18 Å². The molecule has 0 aliphatic rings. The largest absolute Gasteiger partial charge is 0.338 e. The molecule has 3 rings (SSSR count). The molecule has 23 heavy (non-hydrogen) atoms. The van der Waals surface area contributed by atoms with Gasteiger partial charge in [-0.15, -0.1) is 0 Å². The molecule has 1 heterocycles. The molecular weight excluding hydrogens is 363 g/mol. The molecule has 1 N–H and O–H groups in total. The van der Waals surface area contributed by atoms with Gasteiger partial charge in [0.1, 0.15) is 12.4 Å². The minimum atomic E-state index is -0.362. The number of fused-ring (bicyclic) bond motifs is 1. The van der Waals surface area contributed by atoms with E-state index in [1.54, 1.807) is 29.0 Å². The van der Waals surface area contributed by atoms with Gasteiger partial charge >= 0.3 is 0 Å². The van der Waals surface area contributed by atoms with Crippen LogP contribution in [0.4, 0.5) is 10.1 Å². The Bertz CT molecular complexity index is 935. The van der Waals surface area contributed by atoms with E-state index in [-0.39, 0.29) is 23.7 Å². The third kappa shape index (κ3) is 3.48. The van der Waals surface area contributed by atoms with Crippen molar-refractivity contribution in [3.05, 3.63) is 75.2 Å². The molecule has 0 unspecified atom stereocenters. The van der Waals surface area contributed by atoms with E-state index in [4.69, 9.17) is 0 Å². The highest BCUT2D eigenvalue weighted by Crippen LogP contribution is 2.17. The van der Waals surface area contributed by atoms with Crippen molar-refractivity contribution in [1.29, 1.82) is 0 Å². The van der Waals surface area contributed by atoms with Crippen LogP contribution in [-0.2, 0) is 11.3 Å². The molecule has 3 aromatic rings. The molecular formula is C17H12BrFN2O2. The first-order valence-corrected chi connectivity index (χ1v) is 7.66. The third-order valence-corrected chi connectivity index (χ3v) is 3.88. The van der Waals surface area contributed by atoms with Crippen molar-refractivity contribution in [1.82, 2.24) is 4.57 Å². The summed E-state index contributed by atoms with van der Waals surface area (Å²) in [5.41, 5.74) is 1.09. The first kappa shape index (κ1) is 15.4. The fourth-order valence-electron chi connectivity index (χ4n) is 2.30. The summed E-state index contributed by atoms with van der Waals surface area (Å²) in [6.07, 6.45) is 1.58. The van der Waals surface area contributed by atoms with E-state index in [0.29, 0.717) is 16.6 Å². The normalized spacial score (nSPS) is 10.7. The number of nitrogens with zero attached hydrogens (tertiary/aromatic N) is 1. The number of pyridine rings is 1. The highest BCUT2D eigenvalue weighted by molar-refractivity contribution is 9.10. The van der Waals surface area contributed by atoms with Crippen molar-refractivity contribution in [2.75, 3.05) is 5.32 Å². The number of aromatic nitrogens is 1. The molecule has 2 aromatic carbocycles. The highest BCUT2D eigenvalue weighted by Gasteiger charge is 2.08. The topological polar surface area (TPSA) is 51.1 Å². The van der Waals surface area contributed by atoms with Crippen LogP contribution in [0.5, 0.6) is 0 Å². The molecule has 1 amide bonds. The number of nitrogens with one attached hydrogen (secondary N) is 1. The number of carbonyl (C=O) groups excluding carboxylic acids is 1. The van der Waals surface area contributed by atoms with Crippen LogP contribution in [0, 0.1) is 5.82 Å². The van der Waals surface area contributed by atoms with Gasteiger partial charge in [-0.05, 0) is 42.5 Å². The molecule has 4 nitrogen and oxygen atoms in total. The van der Waals surface area contributed by atoms with E-state index in [0.717, 1.165) is 4.47 Å². The monoisotopic (exact) mass is 374 g/mol. The number of anilines is 1. The Hall–Kier alpha value is -2.47. The van der Waals surface area contributed by atoms with Gasteiger partial charge in [0, 0.05) is 27.8 Å². The first-order chi connectivity index (χ1) is 11.0. The second kappa shape index (κ2) is 6.34. The first-order valence-electron chi connectivity index (χ1n) is 6.87. The zero-order chi connectivity index (χ0) is 16.4. The Morgan fingerprint density at radius 1 is 1.13 bits per heavy atom. The Kier molecular flexibility index (Phi) is 4.25. The summed E-state index contributed by atoms with van der Waals surface area (Å²) in [7, 11) is 0. The van der Waals surface area contributed by atoms with Crippen LogP contribution in [0.15, 0.2) is 64.0 Å². The summed E-state index contributed by atoms with van der Waals surface area (Å²) < 4.78 is 15.4. The lowest BCUT2D eigenvalue weighted by Gasteiger charge is -2.11. The van der Waals surface area contributed by atoms with Crippen molar-refractivity contribution in [3.63, 3.8) is 0 Å². The molecule has 116 valence electrons. The lowest BCUT2D eigenvalue weighted by molar-refractivity contribution is -0.116. The van der Waals surface area contributed by atoms with Crippen LogP contribution in [0.3, 0.4) is 0 Å². The predicted octanol–water partition coefficient (Wildman–Crippen LogP) is 3.54. The highest BCUT2D eigenvalue weighted by atomic mass is 79.9. The summed E-state index contributed by atoms with van der Waals surface area (Å²) >= 11 is 3.37. The van der Waals surface area contributed by atoms with E-state index in [1.165, 1.54) is 30.3 Å². The molecule has 6 heteroatoms. The molecule has 0 spiro atoms. The van der Waals surface area contributed by atoms with Gasteiger partial charge in [0.05, 0.1) is 5.52 Å². The Balaban J connectivity index is 1.87.